The molecule has 2 heteroatoms. The van der Waals surface area contributed by atoms with Gasteiger partial charge in [0, 0.05) is 27.6 Å². The summed E-state index contributed by atoms with van der Waals surface area (Å²) in [4.78, 5) is 10.7. The summed E-state index contributed by atoms with van der Waals surface area (Å²) in [6.07, 6.45) is 0. The first-order valence-corrected chi connectivity index (χ1v) is 12.9. The molecular formula is C36H24N2. The summed E-state index contributed by atoms with van der Waals surface area (Å²) < 4.78 is 0. The van der Waals surface area contributed by atoms with Crippen molar-refractivity contribution in [3.8, 4) is 22.3 Å². The summed E-state index contributed by atoms with van der Waals surface area (Å²) >= 11 is 0. The van der Waals surface area contributed by atoms with Crippen LogP contribution in [0.25, 0.3) is 33.0 Å². The lowest BCUT2D eigenvalue weighted by atomic mass is 9.96. The van der Waals surface area contributed by atoms with E-state index in [0.29, 0.717) is 0 Å². The minimum atomic E-state index is 0.904. The largest absolute Gasteiger partial charge is 0.246 e. The summed E-state index contributed by atoms with van der Waals surface area (Å²) in [7, 11) is 0. The highest BCUT2D eigenvalue weighted by molar-refractivity contribution is 6.61. The molecule has 178 valence electrons. The lowest BCUT2D eigenvalue weighted by Crippen LogP contribution is -2.10. The third kappa shape index (κ3) is 3.84. The Morgan fingerprint density at radius 3 is 1.34 bits per heavy atom. The Morgan fingerprint density at radius 2 is 0.789 bits per heavy atom. The number of nitrogens with zero attached hydrogens (tertiary/aromatic N) is 2. The van der Waals surface area contributed by atoms with Crippen LogP contribution < -0.4 is 0 Å². The molecule has 0 saturated heterocycles. The minimum absolute atomic E-state index is 0.904. The van der Waals surface area contributed by atoms with Gasteiger partial charge < -0.3 is 0 Å². The second-order valence-electron chi connectivity index (χ2n) is 9.40. The van der Waals surface area contributed by atoms with E-state index in [-0.39, 0.29) is 0 Å². The second kappa shape index (κ2) is 9.42. The average Bonchev–Trinajstić information content (AvgIpc) is 3.28. The van der Waals surface area contributed by atoms with Crippen LogP contribution in [0.1, 0.15) is 11.1 Å². The standard InChI is InChI=1S/C36H24N2/c1-4-13-25(14-5-1)29-21-12-22-30(26-15-6-2-7-16-26)34(29)38-36-32-24-11-18-27-17-10-23-31(33(27)32)35(36)37-28-19-8-3-9-20-28/h1-24H/b37-35+,38-36+. The lowest BCUT2D eigenvalue weighted by Gasteiger charge is -2.14. The number of rotatable bonds is 4. The molecule has 0 amide bonds. The van der Waals surface area contributed by atoms with Crippen molar-refractivity contribution in [2.45, 2.75) is 0 Å². The Kier molecular flexibility index (Phi) is 5.49. The van der Waals surface area contributed by atoms with Crippen LogP contribution in [-0.4, -0.2) is 11.4 Å². The van der Waals surface area contributed by atoms with Crippen molar-refractivity contribution in [3.05, 3.63) is 157 Å². The molecule has 0 fully saturated rings. The van der Waals surface area contributed by atoms with Gasteiger partial charge in [-0.1, -0.05) is 133 Å². The van der Waals surface area contributed by atoms with Crippen molar-refractivity contribution in [2.75, 3.05) is 0 Å². The maximum Gasteiger partial charge on any atom is 0.0979 e. The van der Waals surface area contributed by atoms with E-state index in [0.717, 1.165) is 56.2 Å². The zero-order chi connectivity index (χ0) is 25.3. The van der Waals surface area contributed by atoms with Crippen molar-refractivity contribution in [1.82, 2.24) is 0 Å². The highest BCUT2D eigenvalue weighted by Crippen LogP contribution is 2.41. The van der Waals surface area contributed by atoms with Crippen LogP contribution in [0.4, 0.5) is 11.4 Å². The van der Waals surface area contributed by atoms with Crippen molar-refractivity contribution in [1.29, 1.82) is 0 Å². The smallest absolute Gasteiger partial charge is 0.0979 e. The summed E-state index contributed by atoms with van der Waals surface area (Å²) in [5.74, 6) is 0. The van der Waals surface area contributed by atoms with E-state index in [2.05, 4.69) is 115 Å². The highest BCUT2D eigenvalue weighted by Gasteiger charge is 2.28. The maximum atomic E-state index is 5.51. The van der Waals surface area contributed by atoms with Gasteiger partial charge in [0.05, 0.1) is 22.8 Å². The Bertz CT molecular complexity index is 1770. The monoisotopic (exact) mass is 484 g/mol. The number of aliphatic imine (C=N–C) groups is 2. The van der Waals surface area contributed by atoms with Crippen molar-refractivity contribution in [2.24, 2.45) is 9.98 Å². The molecule has 38 heavy (non-hydrogen) atoms. The summed E-state index contributed by atoms with van der Waals surface area (Å²) in [6.45, 7) is 0. The van der Waals surface area contributed by atoms with Gasteiger partial charge in [0.25, 0.3) is 0 Å². The zero-order valence-electron chi connectivity index (χ0n) is 20.8. The van der Waals surface area contributed by atoms with Gasteiger partial charge in [-0.2, -0.15) is 0 Å². The molecule has 0 spiro atoms. The third-order valence-electron chi connectivity index (χ3n) is 7.07. The number of benzene rings is 6. The summed E-state index contributed by atoms with van der Waals surface area (Å²) in [5.41, 5.74) is 10.4. The molecule has 1 aliphatic carbocycles. The molecule has 0 saturated carbocycles. The first kappa shape index (κ1) is 22.1. The fraction of sp³-hybridized carbons (Fsp3) is 0. The molecule has 0 aliphatic heterocycles. The summed E-state index contributed by atoms with van der Waals surface area (Å²) in [6, 6.07) is 50.5. The van der Waals surface area contributed by atoms with Crippen LogP contribution in [0.2, 0.25) is 0 Å². The molecule has 0 unspecified atom stereocenters. The van der Waals surface area contributed by atoms with Crippen LogP contribution in [0, 0.1) is 0 Å². The fourth-order valence-electron chi connectivity index (χ4n) is 5.33. The molecule has 2 nitrogen and oxygen atoms in total. The van der Waals surface area contributed by atoms with E-state index < -0.39 is 0 Å². The van der Waals surface area contributed by atoms with E-state index in [9.17, 15) is 0 Å². The van der Waals surface area contributed by atoms with E-state index >= 15 is 0 Å². The second-order valence-corrected chi connectivity index (χ2v) is 9.40. The Balaban J connectivity index is 1.55. The molecule has 0 radical (unpaired) electrons. The van der Waals surface area contributed by atoms with E-state index in [1.165, 1.54) is 10.8 Å². The molecule has 0 heterocycles. The fourth-order valence-corrected chi connectivity index (χ4v) is 5.33. The molecular weight excluding hydrogens is 460 g/mol. The third-order valence-corrected chi connectivity index (χ3v) is 7.07. The molecule has 1 aliphatic rings. The normalized spacial score (nSPS) is 14.4. The van der Waals surface area contributed by atoms with E-state index in [1.54, 1.807) is 0 Å². The predicted octanol–water partition coefficient (Wildman–Crippen LogP) is 9.43. The van der Waals surface area contributed by atoms with Crippen LogP contribution in [0.3, 0.4) is 0 Å². The molecule has 0 N–H and O–H groups in total. The van der Waals surface area contributed by atoms with Gasteiger partial charge in [-0.15, -0.1) is 0 Å². The number of hydrogen-bond acceptors (Lipinski definition) is 2. The number of para-hydroxylation sites is 2. The van der Waals surface area contributed by atoms with Crippen molar-refractivity contribution in [3.63, 3.8) is 0 Å². The molecule has 0 atom stereocenters. The van der Waals surface area contributed by atoms with Gasteiger partial charge in [-0.3, -0.25) is 0 Å². The quantitative estimate of drug-likeness (QED) is 0.238. The Hall–Kier alpha value is -5.08. The van der Waals surface area contributed by atoms with E-state index in [1.807, 2.05) is 30.3 Å². The molecule has 0 aromatic heterocycles. The van der Waals surface area contributed by atoms with Gasteiger partial charge in [-0.05, 0) is 28.6 Å². The minimum Gasteiger partial charge on any atom is -0.246 e. The highest BCUT2D eigenvalue weighted by atomic mass is 14.8. The number of hydrogen-bond donors (Lipinski definition) is 0. The van der Waals surface area contributed by atoms with Crippen LogP contribution in [0.15, 0.2) is 156 Å². The van der Waals surface area contributed by atoms with E-state index in [4.69, 9.17) is 9.98 Å². The van der Waals surface area contributed by atoms with Gasteiger partial charge in [0.2, 0.25) is 0 Å². The first-order chi connectivity index (χ1) is 18.9. The topological polar surface area (TPSA) is 24.7 Å². The summed E-state index contributed by atoms with van der Waals surface area (Å²) in [5, 5.41) is 2.41. The predicted molar refractivity (Wildman–Crippen MR) is 160 cm³/mol. The van der Waals surface area contributed by atoms with Gasteiger partial charge in [-0.25, -0.2) is 9.98 Å². The van der Waals surface area contributed by atoms with Gasteiger partial charge in [0.1, 0.15) is 0 Å². The Morgan fingerprint density at radius 1 is 0.342 bits per heavy atom. The van der Waals surface area contributed by atoms with Crippen molar-refractivity contribution >= 4 is 33.6 Å². The average molecular weight is 485 g/mol. The van der Waals surface area contributed by atoms with Crippen LogP contribution in [0.5, 0.6) is 0 Å². The van der Waals surface area contributed by atoms with Gasteiger partial charge in [0.15, 0.2) is 0 Å². The van der Waals surface area contributed by atoms with Gasteiger partial charge >= 0.3 is 0 Å². The maximum absolute atomic E-state index is 5.51. The lowest BCUT2D eigenvalue weighted by molar-refractivity contribution is 1.48. The molecule has 6 aromatic carbocycles. The first-order valence-electron chi connectivity index (χ1n) is 12.9. The van der Waals surface area contributed by atoms with Crippen molar-refractivity contribution < 1.29 is 0 Å². The molecule has 6 aromatic rings. The molecule has 7 rings (SSSR count). The Labute approximate surface area is 222 Å². The van der Waals surface area contributed by atoms with Crippen LogP contribution in [-0.2, 0) is 0 Å². The van der Waals surface area contributed by atoms with Crippen LogP contribution >= 0.6 is 0 Å². The SMILES string of the molecule is c1ccc(/N=C2/C(=N/c3c(-c4ccccc4)cccc3-c3ccccc3)c3cccc4cccc2c34)cc1. The zero-order valence-corrected chi connectivity index (χ0v) is 20.8. The molecule has 0 bridgehead atoms.